The number of carbonyl (C=O) groups excluding carboxylic acids is 1. The Hall–Kier alpha value is -0.930. The van der Waals surface area contributed by atoms with Gasteiger partial charge in [0.1, 0.15) is 4.90 Å². The van der Waals surface area contributed by atoms with Crippen LogP contribution in [0.2, 0.25) is 0 Å². The van der Waals surface area contributed by atoms with Gasteiger partial charge in [-0.05, 0) is 44.2 Å². The van der Waals surface area contributed by atoms with E-state index in [1.165, 1.54) is 10.5 Å². The highest BCUT2D eigenvalue weighted by Gasteiger charge is 2.36. The predicted octanol–water partition coefficient (Wildman–Crippen LogP) is 1.67. The van der Waals surface area contributed by atoms with Crippen LogP contribution in [0.25, 0.3) is 0 Å². The molecule has 1 aromatic rings. The number of aromatic nitrogens is 1. The highest BCUT2D eigenvalue weighted by molar-refractivity contribution is 7.89. The Balaban J connectivity index is 0.00000182. The van der Waals surface area contributed by atoms with Crippen LogP contribution in [0.5, 0.6) is 0 Å². The third-order valence-corrected chi connectivity index (χ3v) is 7.14. The summed E-state index contributed by atoms with van der Waals surface area (Å²) in [6.45, 7) is 2.01. The number of sulfonamides is 1. The molecule has 3 rings (SSSR count). The highest BCUT2D eigenvalue weighted by atomic mass is 35.5. The number of rotatable bonds is 4. The zero-order valence-corrected chi connectivity index (χ0v) is 17.6. The molecule has 0 radical (unpaired) electrons. The fourth-order valence-electron chi connectivity index (χ4n) is 3.76. The quantitative estimate of drug-likeness (QED) is 0.770. The van der Waals surface area contributed by atoms with E-state index in [0.29, 0.717) is 32.5 Å². The van der Waals surface area contributed by atoms with Crippen LogP contribution in [0.4, 0.5) is 0 Å². The first-order valence-corrected chi connectivity index (χ1v) is 10.4. The summed E-state index contributed by atoms with van der Waals surface area (Å²) >= 11 is 0. The smallest absolute Gasteiger partial charge is 0.244 e. The van der Waals surface area contributed by atoms with Crippen molar-refractivity contribution in [3.05, 3.63) is 24.5 Å². The molecule has 2 saturated heterocycles. The van der Waals surface area contributed by atoms with E-state index in [9.17, 15) is 13.2 Å². The van der Waals surface area contributed by atoms with Crippen molar-refractivity contribution in [2.75, 3.05) is 26.2 Å². The molecule has 1 aromatic heterocycles. The van der Waals surface area contributed by atoms with Gasteiger partial charge in [0.15, 0.2) is 0 Å². The van der Waals surface area contributed by atoms with Gasteiger partial charge in [0.2, 0.25) is 15.9 Å². The van der Waals surface area contributed by atoms with Crippen molar-refractivity contribution < 1.29 is 13.2 Å². The van der Waals surface area contributed by atoms with Gasteiger partial charge in [0.25, 0.3) is 0 Å². The molecule has 0 aliphatic carbocycles. The Morgan fingerprint density at radius 1 is 1.15 bits per heavy atom. The molecule has 1 unspecified atom stereocenters. The number of nitrogens with two attached hydrogens (primary N) is 1. The van der Waals surface area contributed by atoms with Crippen molar-refractivity contribution in [1.82, 2.24) is 14.2 Å². The summed E-state index contributed by atoms with van der Waals surface area (Å²) in [6.07, 6.45) is 7.15. The molecule has 2 aliphatic rings. The molecule has 2 aliphatic heterocycles. The van der Waals surface area contributed by atoms with E-state index in [-0.39, 0.29) is 47.6 Å². The monoisotopic (exact) mass is 438 g/mol. The van der Waals surface area contributed by atoms with Crippen molar-refractivity contribution in [1.29, 1.82) is 0 Å². The van der Waals surface area contributed by atoms with Crippen molar-refractivity contribution in [2.45, 2.75) is 43.0 Å². The second-order valence-corrected chi connectivity index (χ2v) is 8.72. The van der Waals surface area contributed by atoms with Gasteiger partial charge in [0.05, 0.1) is 0 Å². The molecule has 0 bridgehead atoms. The Bertz CT molecular complexity index is 697. The van der Waals surface area contributed by atoms with Crippen LogP contribution < -0.4 is 5.73 Å². The van der Waals surface area contributed by atoms with Gasteiger partial charge in [-0.2, -0.15) is 4.31 Å². The normalized spacial score (nSPS) is 21.8. The Labute approximate surface area is 173 Å². The van der Waals surface area contributed by atoms with Crippen LogP contribution in [0.3, 0.4) is 0 Å². The van der Waals surface area contributed by atoms with Gasteiger partial charge in [-0.1, -0.05) is 0 Å². The topological polar surface area (TPSA) is 96.6 Å². The van der Waals surface area contributed by atoms with E-state index in [4.69, 9.17) is 5.73 Å². The molecule has 154 valence electrons. The number of piperidine rings is 2. The molecule has 0 saturated carbocycles. The summed E-state index contributed by atoms with van der Waals surface area (Å²) in [5, 5.41) is 0. The predicted molar refractivity (Wildman–Crippen MR) is 109 cm³/mol. The van der Waals surface area contributed by atoms with E-state index in [1.807, 2.05) is 4.90 Å². The van der Waals surface area contributed by atoms with Gasteiger partial charge < -0.3 is 10.6 Å². The maximum absolute atomic E-state index is 12.8. The first kappa shape index (κ1) is 24.1. The lowest BCUT2D eigenvalue weighted by Gasteiger charge is -2.39. The number of hydrogen-bond donors (Lipinski definition) is 1. The molecular formula is C17H28Cl2N4O3S. The molecule has 0 spiro atoms. The summed E-state index contributed by atoms with van der Waals surface area (Å²) in [5.74, 6) is 0.0427. The van der Waals surface area contributed by atoms with Crippen LogP contribution in [-0.4, -0.2) is 60.7 Å². The molecule has 10 heteroatoms. The number of amides is 1. The van der Waals surface area contributed by atoms with E-state index >= 15 is 0 Å². The summed E-state index contributed by atoms with van der Waals surface area (Å²) in [5.41, 5.74) is 5.82. The average molecular weight is 439 g/mol. The van der Waals surface area contributed by atoms with E-state index in [2.05, 4.69) is 4.98 Å². The number of pyridine rings is 1. The van der Waals surface area contributed by atoms with Crippen LogP contribution in [0.1, 0.15) is 32.1 Å². The molecule has 27 heavy (non-hydrogen) atoms. The third-order valence-electron chi connectivity index (χ3n) is 5.26. The maximum atomic E-state index is 12.8. The minimum Gasteiger partial charge on any atom is -0.338 e. The van der Waals surface area contributed by atoms with Crippen LogP contribution in [-0.2, 0) is 14.8 Å². The summed E-state index contributed by atoms with van der Waals surface area (Å²) in [7, 11) is -3.53. The molecule has 0 aromatic carbocycles. The van der Waals surface area contributed by atoms with E-state index in [1.54, 1.807) is 18.3 Å². The van der Waals surface area contributed by atoms with Crippen molar-refractivity contribution >= 4 is 40.7 Å². The fraction of sp³-hybridized carbons (Fsp3) is 0.647. The van der Waals surface area contributed by atoms with Crippen LogP contribution in [0, 0.1) is 5.92 Å². The number of nitrogens with zero attached hydrogens (tertiary/aromatic N) is 3. The second-order valence-electron chi connectivity index (χ2n) is 6.78. The molecule has 7 nitrogen and oxygen atoms in total. The lowest BCUT2D eigenvalue weighted by atomic mass is 9.93. The highest BCUT2D eigenvalue weighted by Crippen LogP contribution is 2.27. The Kier molecular flexibility index (Phi) is 9.44. The molecule has 2 N–H and O–H groups in total. The minimum atomic E-state index is -3.53. The van der Waals surface area contributed by atoms with E-state index < -0.39 is 10.0 Å². The summed E-state index contributed by atoms with van der Waals surface area (Å²) in [6, 6.07) is 3.31. The first-order chi connectivity index (χ1) is 12.0. The maximum Gasteiger partial charge on any atom is 0.244 e. The van der Waals surface area contributed by atoms with Crippen molar-refractivity contribution in [2.24, 2.45) is 11.7 Å². The fourth-order valence-corrected chi connectivity index (χ4v) is 5.20. The average Bonchev–Trinajstić information content (AvgIpc) is 2.68. The standard InChI is InChI=1S/C17H26N4O3S.2ClH/c18-12-15-4-1-2-9-21(15)17(22)14-6-10-20(11-7-14)25(23,24)16-5-3-8-19-13-16;;/h3,5,8,13-15H,1-2,4,6-7,9-12,18H2;2*1H. The van der Waals surface area contributed by atoms with Gasteiger partial charge >= 0.3 is 0 Å². The number of likely N-dealkylation sites (tertiary alicyclic amines) is 1. The van der Waals surface area contributed by atoms with Crippen LogP contribution >= 0.6 is 24.8 Å². The van der Waals surface area contributed by atoms with Crippen LogP contribution in [0.15, 0.2) is 29.4 Å². The zero-order chi connectivity index (χ0) is 17.9. The number of carbonyl (C=O) groups is 1. The Morgan fingerprint density at radius 3 is 2.44 bits per heavy atom. The first-order valence-electron chi connectivity index (χ1n) is 8.94. The molecule has 1 atom stereocenters. The Morgan fingerprint density at radius 2 is 1.85 bits per heavy atom. The third kappa shape index (κ3) is 5.32. The summed E-state index contributed by atoms with van der Waals surface area (Å²) < 4.78 is 26.7. The SMILES string of the molecule is Cl.Cl.NCC1CCCCN1C(=O)C1CCN(S(=O)(=O)c2cccnc2)CC1. The molecule has 3 heterocycles. The minimum absolute atomic E-state index is 0. The molecule has 1 amide bonds. The largest absolute Gasteiger partial charge is 0.338 e. The second kappa shape index (κ2) is 10.6. The van der Waals surface area contributed by atoms with E-state index in [0.717, 1.165) is 25.8 Å². The van der Waals surface area contributed by atoms with Crippen molar-refractivity contribution in [3.63, 3.8) is 0 Å². The lowest BCUT2D eigenvalue weighted by molar-refractivity contribution is -0.140. The number of halogens is 2. The van der Waals surface area contributed by atoms with Crippen molar-refractivity contribution in [3.8, 4) is 0 Å². The molecule has 2 fully saturated rings. The van der Waals surface area contributed by atoms with Gasteiger partial charge in [0, 0.05) is 50.5 Å². The number of hydrogen-bond acceptors (Lipinski definition) is 5. The lowest BCUT2D eigenvalue weighted by Crippen LogP contribution is -2.51. The summed E-state index contributed by atoms with van der Waals surface area (Å²) in [4.78, 5) is 18.9. The molecular weight excluding hydrogens is 411 g/mol. The van der Waals surface area contributed by atoms with Gasteiger partial charge in [-0.15, -0.1) is 24.8 Å². The van der Waals surface area contributed by atoms with Gasteiger partial charge in [-0.3, -0.25) is 9.78 Å². The zero-order valence-electron chi connectivity index (χ0n) is 15.2. The van der Waals surface area contributed by atoms with Gasteiger partial charge in [-0.25, -0.2) is 8.42 Å².